The number of carbonyl (C=O) groups excluding carboxylic acids is 1. The number of rotatable bonds is 1. The molecule has 0 amide bonds. The first-order chi connectivity index (χ1) is 11.4. The Kier molecular flexibility index (Phi) is 3.87. The number of fused-ring (bicyclic) bond motifs is 5. The topological polar surface area (TPSA) is 40.9 Å². The van der Waals surface area contributed by atoms with Crippen LogP contribution in [-0.2, 0) is 4.79 Å². The first kappa shape index (κ1) is 16.6. The highest BCUT2D eigenvalue weighted by Crippen LogP contribution is 2.65. The van der Waals surface area contributed by atoms with E-state index in [1.54, 1.807) is 0 Å². The normalized spacial score (nSPS) is 53.7. The SMILES string of the molecule is CC[C@@]1(C)CC2C3CCC4C(C#N)CCCC4C3CC[C@]2(C)C1=O. The van der Waals surface area contributed by atoms with Crippen molar-refractivity contribution < 1.29 is 4.79 Å². The summed E-state index contributed by atoms with van der Waals surface area (Å²) in [4.78, 5) is 13.2. The van der Waals surface area contributed by atoms with Gasteiger partial charge < -0.3 is 0 Å². The van der Waals surface area contributed by atoms with Crippen LogP contribution < -0.4 is 0 Å². The maximum absolute atomic E-state index is 13.2. The number of nitrogens with zero attached hydrogens (tertiary/aromatic N) is 1. The number of carbonyl (C=O) groups is 1. The highest BCUT2D eigenvalue weighted by atomic mass is 16.1. The average Bonchev–Trinajstić information content (AvgIpc) is 2.82. The number of ketones is 1. The molecule has 8 atom stereocenters. The Morgan fingerprint density at radius 3 is 2.46 bits per heavy atom. The summed E-state index contributed by atoms with van der Waals surface area (Å²) >= 11 is 0. The van der Waals surface area contributed by atoms with Crippen molar-refractivity contribution in [2.75, 3.05) is 0 Å². The van der Waals surface area contributed by atoms with Crippen molar-refractivity contribution in [2.24, 2.45) is 46.3 Å². The van der Waals surface area contributed by atoms with Crippen LogP contribution in [0.15, 0.2) is 0 Å². The molecular weight excluding hydrogens is 294 g/mol. The van der Waals surface area contributed by atoms with Gasteiger partial charge in [-0.2, -0.15) is 5.26 Å². The van der Waals surface area contributed by atoms with Crippen LogP contribution in [0.4, 0.5) is 0 Å². The number of hydrogen-bond acceptors (Lipinski definition) is 2. The van der Waals surface area contributed by atoms with Gasteiger partial charge in [-0.25, -0.2) is 0 Å². The van der Waals surface area contributed by atoms with E-state index in [4.69, 9.17) is 0 Å². The Morgan fingerprint density at radius 2 is 1.75 bits per heavy atom. The molecule has 0 bridgehead atoms. The third-order valence-electron chi connectivity index (χ3n) is 9.07. The van der Waals surface area contributed by atoms with E-state index in [2.05, 4.69) is 26.8 Å². The molecule has 0 aromatic carbocycles. The first-order valence-electron chi connectivity index (χ1n) is 10.4. The molecule has 24 heavy (non-hydrogen) atoms. The average molecular weight is 328 g/mol. The zero-order chi connectivity index (χ0) is 17.1. The number of Topliss-reactive ketones (excluding diaryl/α,β-unsaturated/α-hetero) is 1. The van der Waals surface area contributed by atoms with E-state index in [1.165, 1.54) is 32.1 Å². The van der Waals surface area contributed by atoms with Gasteiger partial charge in [-0.3, -0.25) is 4.79 Å². The Morgan fingerprint density at radius 1 is 1.04 bits per heavy atom. The molecule has 132 valence electrons. The smallest absolute Gasteiger partial charge is 0.144 e. The van der Waals surface area contributed by atoms with Crippen LogP contribution in [0.5, 0.6) is 0 Å². The molecule has 4 aliphatic rings. The molecule has 0 N–H and O–H groups in total. The lowest BCUT2D eigenvalue weighted by atomic mass is 9.49. The second-order valence-electron chi connectivity index (χ2n) is 9.91. The van der Waals surface area contributed by atoms with E-state index in [0.717, 1.165) is 43.4 Å². The Balaban J connectivity index is 1.63. The van der Waals surface area contributed by atoms with E-state index in [9.17, 15) is 10.1 Å². The predicted molar refractivity (Wildman–Crippen MR) is 95.0 cm³/mol. The van der Waals surface area contributed by atoms with Gasteiger partial charge in [-0.05, 0) is 81.0 Å². The van der Waals surface area contributed by atoms with Gasteiger partial charge in [0, 0.05) is 16.7 Å². The number of hydrogen-bond donors (Lipinski definition) is 0. The van der Waals surface area contributed by atoms with Crippen molar-refractivity contribution in [3.63, 3.8) is 0 Å². The van der Waals surface area contributed by atoms with Crippen LogP contribution in [0.25, 0.3) is 0 Å². The summed E-state index contributed by atoms with van der Waals surface area (Å²) < 4.78 is 0. The van der Waals surface area contributed by atoms with Crippen molar-refractivity contribution in [2.45, 2.75) is 78.6 Å². The van der Waals surface area contributed by atoms with Crippen LogP contribution in [-0.4, -0.2) is 5.78 Å². The van der Waals surface area contributed by atoms with E-state index in [1.807, 2.05) is 0 Å². The van der Waals surface area contributed by atoms with Crippen molar-refractivity contribution in [3.05, 3.63) is 0 Å². The second-order valence-corrected chi connectivity index (χ2v) is 9.91. The summed E-state index contributed by atoms with van der Waals surface area (Å²) in [6.07, 6.45) is 10.7. The van der Waals surface area contributed by atoms with Crippen LogP contribution in [0, 0.1) is 57.7 Å². The fourth-order valence-electron chi connectivity index (χ4n) is 7.61. The van der Waals surface area contributed by atoms with Crippen molar-refractivity contribution >= 4 is 5.78 Å². The van der Waals surface area contributed by atoms with Gasteiger partial charge in [0.15, 0.2) is 0 Å². The van der Waals surface area contributed by atoms with Crippen molar-refractivity contribution in [1.29, 1.82) is 5.26 Å². The Hall–Kier alpha value is -0.840. The standard InChI is InChI=1S/C22H33NO/c1-4-21(2)12-19-18-9-8-15-14(13-23)6-5-7-16(15)17(18)10-11-22(19,3)20(21)24/h14-19H,4-12H2,1-3H3/t14?,15?,16?,17?,18?,19?,21-,22-/m0/s1. The van der Waals surface area contributed by atoms with Gasteiger partial charge in [0.05, 0.1) is 6.07 Å². The van der Waals surface area contributed by atoms with E-state index in [-0.39, 0.29) is 10.8 Å². The first-order valence-corrected chi connectivity index (χ1v) is 10.4. The minimum Gasteiger partial charge on any atom is -0.298 e. The third kappa shape index (κ3) is 2.09. The number of nitriles is 1. The van der Waals surface area contributed by atoms with Crippen LogP contribution in [0.1, 0.15) is 78.6 Å². The van der Waals surface area contributed by atoms with Gasteiger partial charge in [0.1, 0.15) is 5.78 Å². The minimum absolute atomic E-state index is 0.0535. The molecule has 4 aliphatic carbocycles. The van der Waals surface area contributed by atoms with Crippen molar-refractivity contribution in [1.82, 2.24) is 0 Å². The molecule has 4 saturated carbocycles. The molecule has 0 radical (unpaired) electrons. The largest absolute Gasteiger partial charge is 0.298 e. The van der Waals surface area contributed by atoms with Crippen LogP contribution in [0.2, 0.25) is 0 Å². The molecule has 2 heteroatoms. The quantitative estimate of drug-likeness (QED) is 0.649. The zero-order valence-electron chi connectivity index (χ0n) is 15.7. The van der Waals surface area contributed by atoms with Crippen LogP contribution >= 0.6 is 0 Å². The van der Waals surface area contributed by atoms with Crippen molar-refractivity contribution in [3.8, 4) is 6.07 Å². The lowest BCUT2D eigenvalue weighted by Gasteiger charge is -2.54. The maximum atomic E-state index is 13.2. The minimum atomic E-state index is -0.0765. The summed E-state index contributed by atoms with van der Waals surface area (Å²) in [5.41, 5.74) is -0.130. The molecule has 0 aromatic heterocycles. The van der Waals surface area contributed by atoms with E-state index in [0.29, 0.717) is 23.5 Å². The lowest BCUT2D eigenvalue weighted by molar-refractivity contribution is -0.138. The monoisotopic (exact) mass is 327 g/mol. The van der Waals surface area contributed by atoms with E-state index < -0.39 is 0 Å². The summed E-state index contributed by atoms with van der Waals surface area (Å²) in [5, 5.41) is 9.56. The fraction of sp³-hybridized carbons (Fsp3) is 0.909. The lowest BCUT2D eigenvalue weighted by Crippen LogP contribution is -2.49. The molecular formula is C22H33NO. The third-order valence-corrected chi connectivity index (χ3v) is 9.07. The maximum Gasteiger partial charge on any atom is 0.144 e. The molecule has 0 aliphatic heterocycles. The van der Waals surface area contributed by atoms with Gasteiger partial charge in [0.2, 0.25) is 0 Å². The molecule has 6 unspecified atom stereocenters. The van der Waals surface area contributed by atoms with Gasteiger partial charge in [-0.1, -0.05) is 27.2 Å². The van der Waals surface area contributed by atoms with Crippen LogP contribution in [0.3, 0.4) is 0 Å². The second kappa shape index (κ2) is 5.58. The van der Waals surface area contributed by atoms with E-state index >= 15 is 0 Å². The fourth-order valence-corrected chi connectivity index (χ4v) is 7.61. The summed E-state index contributed by atoms with van der Waals surface area (Å²) in [7, 11) is 0. The van der Waals surface area contributed by atoms with Gasteiger partial charge in [-0.15, -0.1) is 0 Å². The molecule has 0 saturated heterocycles. The molecule has 4 fully saturated rings. The molecule has 0 aromatic rings. The molecule has 0 spiro atoms. The van der Waals surface area contributed by atoms with Gasteiger partial charge in [0.25, 0.3) is 0 Å². The zero-order valence-corrected chi connectivity index (χ0v) is 15.7. The summed E-state index contributed by atoms with van der Waals surface area (Å²) in [6.45, 7) is 6.72. The van der Waals surface area contributed by atoms with Gasteiger partial charge >= 0.3 is 0 Å². The summed E-state index contributed by atoms with van der Waals surface area (Å²) in [6, 6.07) is 2.63. The summed E-state index contributed by atoms with van der Waals surface area (Å²) in [5.74, 6) is 4.46. The Bertz CT molecular complexity index is 577. The Labute approximate surface area is 147 Å². The molecule has 4 rings (SSSR count). The predicted octanol–water partition coefficient (Wildman–Crippen LogP) is 5.37. The molecule has 2 nitrogen and oxygen atoms in total. The highest BCUT2D eigenvalue weighted by molar-refractivity contribution is 5.92. The molecule has 0 heterocycles. The highest BCUT2D eigenvalue weighted by Gasteiger charge is 2.62.